The average molecular weight is 354 g/mol. The standard InChI is InChI=1S/C15H22N4O4S/c1-10(2)19-13-9-11(5-6-12(13)17-15(19)21)14(20)18(4)7-8-24(22,23)16-3/h5-6,9-10,16H,7-8H2,1-4H3,(H,17,21). The van der Waals surface area contributed by atoms with Crippen LogP contribution in [-0.2, 0) is 10.0 Å². The van der Waals surface area contributed by atoms with Gasteiger partial charge in [-0.3, -0.25) is 9.36 Å². The number of carbonyl (C=O) groups is 1. The molecule has 1 amide bonds. The summed E-state index contributed by atoms with van der Waals surface area (Å²) in [7, 11) is -0.492. The number of hydrogen-bond donors (Lipinski definition) is 2. The van der Waals surface area contributed by atoms with E-state index in [0.717, 1.165) is 0 Å². The zero-order valence-electron chi connectivity index (χ0n) is 14.2. The van der Waals surface area contributed by atoms with Crippen LogP contribution in [0.2, 0.25) is 0 Å². The molecule has 1 heterocycles. The molecule has 8 nitrogen and oxygen atoms in total. The predicted molar refractivity (Wildman–Crippen MR) is 92.8 cm³/mol. The number of carbonyl (C=O) groups excluding carboxylic acids is 1. The van der Waals surface area contributed by atoms with Gasteiger partial charge in [-0.2, -0.15) is 0 Å². The minimum atomic E-state index is -3.37. The van der Waals surface area contributed by atoms with Crippen molar-refractivity contribution in [2.45, 2.75) is 19.9 Å². The molecule has 0 unspecified atom stereocenters. The molecule has 1 aromatic heterocycles. The molecule has 0 aliphatic heterocycles. The molecule has 1 aromatic carbocycles. The Balaban J connectivity index is 2.30. The summed E-state index contributed by atoms with van der Waals surface area (Å²) < 4.78 is 26.7. The fraction of sp³-hybridized carbons (Fsp3) is 0.467. The number of sulfonamides is 1. The van der Waals surface area contributed by atoms with Gasteiger partial charge < -0.3 is 9.88 Å². The van der Waals surface area contributed by atoms with Crippen LogP contribution in [-0.4, -0.2) is 55.2 Å². The van der Waals surface area contributed by atoms with Crippen molar-refractivity contribution in [2.75, 3.05) is 26.4 Å². The molecule has 2 rings (SSSR count). The van der Waals surface area contributed by atoms with Gasteiger partial charge in [0.15, 0.2) is 0 Å². The van der Waals surface area contributed by atoms with Crippen LogP contribution in [0.5, 0.6) is 0 Å². The highest BCUT2D eigenvalue weighted by molar-refractivity contribution is 7.89. The first-order valence-electron chi connectivity index (χ1n) is 7.57. The first-order valence-corrected chi connectivity index (χ1v) is 9.22. The molecule has 24 heavy (non-hydrogen) atoms. The number of nitrogens with one attached hydrogen (secondary N) is 2. The Morgan fingerprint density at radius 1 is 1.38 bits per heavy atom. The van der Waals surface area contributed by atoms with Crippen molar-refractivity contribution in [1.29, 1.82) is 0 Å². The maximum Gasteiger partial charge on any atom is 0.326 e. The monoisotopic (exact) mass is 354 g/mol. The van der Waals surface area contributed by atoms with Crippen molar-refractivity contribution in [3.63, 3.8) is 0 Å². The van der Waals surface area contributed by atoms with E-state index in [4.69, 9.17) is 0 Å². The fourth-order valence-electron chi connectivity index (χ4n) is 2.45. The van der Waals surface area contributed by atoms with Crippen LogP contribution in [0, 0.1) is 0 Å². The van der Waals surface area contributed by atoms with Crippen molar-refractivity contribution in [3.8, 4) is 0 Å². The summed E-state index contributed by atoms with van der Waals surface area (Å²) in [4.78, 5) is 28.6. The van der Waals surface area contributed by atoms with Crippen LogP contribution < -0.4 is 10.4 Å². The highest BCUT2D eigenvalue weighted by Gasteiger charge is 2.17. The first kappa shape index (κ1) is 18.2. The second-order valence-corrected chi connectivity index (χ2v) is 7.92. The zero-order valence-corrected chi connectivity index (χ0v) is 15.0. The molecule has 2 N–H and O–H groups in total. The smallest absolute Gasteiger partial charge is 0.326 e. The zero-order chi connectivity index (χ0) is 18.1. The Kier molecular flexibility index (Phi) is 5.14. The SMILES string of the molecule is CNS(=O)(=O)CCN(C)C(=O)c1ccc2[nH]c(=O)n(C(C)C)c2c1. The lowest BCUT2D eigenvalue weighted by molar-refractivity contribution is 0.0803. The maximum atomic E-state index is 12.5. The largest absolute Gasteiger partial charge is 0.341 e. The lowest BCUT2D eigenvalue weighted by Crippen LogP contribution is -2.34. The maximum absolute atomic E-state index is 12.5. The molecule has 2 aromatic rings. The third-order valence-electron chi connectivity index (χ3n) is 3.83. The molecule has 132 valence electrons. The molecule has 0 atom stereocenters. The highest BCUT2D eigenvalue weighted by atomic mass is 32.2. The quantitative estimate of drug-likeness (QED) is 0.789. The van der Waals surface area contributed by atoms with E-state index in [-0.39, 0.29) is 29.9 Å². The molecule has 0 spiro atoms. The summed E-state index contributed by atoms with van der Waals surface area (Å²) in [5.74, 6) is -0.471. The summed E-state index contributed by atoms with van der Waals surface area (Å²) >= 11 is 0. The number of H-pyrrole nitrogens is 1. The third kappa shape index (κ3) is 3.68. The molecule has 0 fully saturated rings. The van der Waals surface area contributed by atoms with Gasteiger partial charge in [0.05, 0.1) is 16.8 Å². The molecule has 0 saturated heterocycles. The summed E-state index contributed by atoms with van der Waals surface area (Å²) in [6, 6.07) is 4.91. The Bertz CT molecular complexity index is 911. The molecular formula is C15H22N4O4S. The van der Waals surface area contributed by atoms with Gasteiger partial charge in [0.2, 0.25) is 10.0 Å². The fourth-order valence-corrected chi connectivity index (χ4v) is 3.17. The van der Waals surface area contributed by atoms with Gasteiger partial charge in [0.25, 0.3) is 5.91 Å². The Labute approximate surface area is 140 Å². The number of imidazole rings is 1. The van der Waals surface area contributed by atoms with E-state index in [1.807, 2.05) is 13.8 Å². The van der Waals surface area contributed by atoms with Gasteiger partial charge in [-0.25, -0.2) is 17.9 Å². The van der Waals surface area contributed by atoms with Gasteiger partial charge in [-0.05, 0) is 39.1 Å². The molecule has 0 bridgehead atoms. The number of amides is 1. The Morgan fingerprint density at radius 2 is 2.04 bits per heavy atom. The second kappa shape index (κ2) is 6.78. The lowest BCUT2D eigenvalue weighted by Gasteiger charge is -2.17. The normalized spacial score (nSPS) is 12.0. The van der Waals surface area contributed by atoms with E-state index >= 15 is 0 Å². The van der Waals surface area contributed by atoms with Crippen molar-refractivity contribution >= 4 is 27.0 Å². The molecule has 0 radical (unpaired) electrons. The van der Waals surface area contributed by atoms with Crippen LogP contribution >= 0.6 is 0 Å². The van der Waals surface area contributed by atoms with Gasteiger partial charge in [0, 0.05) is 25.2 Å². The van der Waals surface area contributed by atoms with Gasteiger partial charge in [0.1, 0.15) is 0 Å². The summed E-state index contributed by atoms with van der Waals surface area (Å²) in [5.41, 5.74) is 1.49. The minimum absolute atomic E-state index is 0.0462. The van der Waals surface area contributed by atoms with Crippen molar-refractivity contribution < 1.29 is 13.2 Å². The summed E-state index contributed by atoms with van der Waals surface area (Å²) in [5, 5.41) is 0. The second-order valence-electron chi connectivity index (χ2n) is 5.88. The van der Waals surface area contributed by atoms with Crippen LogP contribution in [0.3, 0.4) is 0 Å². The van der Waals surface area contributed by atoms with E-state index < -0.39 is 10.0 Å². The Morgan fingerprint density at radius 3 is 2.62 bits per heavy atom. The number of nitrogens with zero attached hydrogens (tertiary/aromatic N) is 2. The van der Waals surface area contributed by atoms with Gasteiger partial charge in [-0.1, -0.05) is 0 Å². The van der Waals surface area contributed by atoms with E-state index in [2.05, 4.69) is 9.71 Å². The van der Waals surface area contributed by atoms with E-state index in [1.54, 1.807) is 29.8 Å². The minimum Gasteiger partial charge on any atom is -0.341 e. The average Bonchev–Trinajstić information content (AvgIpc) is 2.86. The molecule has 9 heteroatoms. The number of aromatic nitrogens is 2. The van der Waals surface area contributed by atoms with Crippen LogP contribution in [0.1, 0.15) is 30.2 Å². The third-order valence-corrected chi connectivity index (χ3v) is 5.18. The summed E-state index contributed by atoms with van der Waals surface area (Å²) in [6.45, 7) is 3.85. The lowest BCUT2D eigenvalue weighted by atomic mass is 10.1. The number of aromatic amines is 1. The van der Waals surface area contributed by atoms with Crippen molar-refractivity contribution in [3.05, 3.63) is 34.2 Å². The number of fused-ring (bicyclic) bond motifs is 1. The molecule has 0 aliphatic carbocycles. The van der Waals surface area contributed by atoms with Crippen LogP contribution in [0.4, 0.5) is 0 Å². The highest BCUT2D eigenvalue weighted by Crippen LogP contribution is 2.17. The van der Waals surface area contributed by atoms with Crippen LogP contribution in [0.25, 0.3) is 11.0 Å². The van der Waals surface area contributed by atoms with E-state index in [0.29, 0.717) is 16.6 Å². The molecule has 0 saturated carbocycles. The van der Waals surface area contributed by atoms with Crippen molar-refractivity contribution in [2.24, 2.45) is 0 Å². The van der Waals surface area contributed by atoms with E-state index in [9.17, 15) is 18.0 Å². The predicted octanol–water partition coefficient (Wildman–Crippen LogP) is 0.532. The van der Waals surface area contributed by atoms with Crippen molar-refractivity contribution in [1.82, 2.24) is 19.2 Å². The van der Waals surface area contributed by atoms with Crippen LogP contribution in [0.15, 0.2) is 23.0 Å². The van der Waals surface area contributed by atoms with Gasteiger partial charge in [-0.15, -0.1) is 0 Å². The number of rotatable bonds is 6. The number of benzene rings is 1. The van der Waals surface area contributed by atoms with Gasteiger partial charge >= 0.3 is 5.69 Å². The number of hydrogen-bond acceptors (Lipinski definition) is 4. The molecule has 0 aliphatic rings. The van der Waals surface area contributed by atoms with E-state index in [1.165, 1.54) is 11.9 Å². The topological polar surface area (TPSA) is 104 Å². The molecular weight excluding hydrogens is 332 g/mol. The summed E-state index contributed by atoms with van der Waals surface area (Å²) in [6.07, 6.45) is 0. The first-order chi connectivity index (χ1) is 11.2. The Hall–Kier alpha value is -2.13.